The molecule has 2 aromatic rings. The number of nitrogens with zero attached hydrogens (tertiary/aromatic N) is 2. The molecule has 0 bridgehead atoms. The van der Waals surface area contributed by atoms with E-state index in [4.69, 9.17) is 10.1 Å². The fourth-order valence-corrected chi connectivity index (χ4v) is 3.36. The highest BCUT2D eigenvalue weighted by atomic mass is 32.1. The molecule has 0 amide bonds. The SMILES string of the molecule is O=C(O)/C=C/c1nc(CCCc2ccc3c(n2)NCCC3)cs1. The third kappa shape index (κ3) is 4.39. The van der Waals surface area contributed by atoms with E-state index in [0.29, 0.717) is 0 Å². The van der Waals surface area contributed by atoms with Gasteiger partial charge in [0.2, 0.25) is 0 Å². The minimum absolute atomic E-state index is 0.735. The van der Waals surface area contributed by atoms with Crippen molar-refractivity contribution in [1.29, 1.82) is 0 Å². The first kappa shape index (κ1) is 15.7. The Labute approximate surface area is 139 Å². The van der Waals surface area contributed by atoms with Gasteiger partial charge in [0.25, 0.3) is 0 Å². The van der Waals surface area contributed by atoms with Gasteiger partial charge < -0.3 is 10.4 Å². The molecule has 0 aliphatic carbocycles. The summed E-state index contributed by atoms with van der Waals surface area (Å²) >= 11 is 1.47. The smallest absolute Gasteiger partial charge is 0.328 e. The highest BCUT2D eigenvalue weighted by molar-refractivity contribution is 7.10. The lowest BCUT2D eigenvalue weighted by atomic mass is 10.1. The summed E-state index contributed by atoms with van der Waals surface area (Å²) in [5.41, 5.74) is 3.44. The Bertz CT molecular complexity index is 724. The second-order valence-corrected chi connectivity index (χ2v) is 6.43. The number of carboxylic acid groups (broad SMARTS) is 1. The summed E-state index contributed by atoms with van der Waals surface area (Å²) in [5, 5.41) is 14.7. The fraction of sp³-hybridized carbons (Fsp3) is 0.353. The van der Waals surface area contributed by atoms with Gasteiger partial charge in [0, 0.05) is 23.7 Å². The summed E-state index contributed by atoms with van der Waals surface area (Å²) in [7, 11) is 0. The van der Waals surface area contributed by atoms with Crippen molar-refractivity contribution in [2.45, 2.75) is 32.1 Å². The van der Waals surface area contributed by atoms with E-state index in [-0.39, 0.29) is 0 Å². The first-order valence-electron chi connectivity index (χ1n) is 7.79. The molecule has 0 atom stereocenters. The predicted octanol–water partition coefficient (Wildman–Crippen LogP) is 3.17. The molecule has 6 heteroatoms. The van der Waals surface area contributed by atoms with E-state index in [1.165, 1.54) is 29.4 Å². The number of carbonyl (C=O) groups is 1. The number of hydrogen-bond donors (Lipinski definition) is 2. The zero-order chi connectivity index (χ0) is 16.1. The van der Waals surface area contributed by atoms with Crippen LogP contribution in [-0.4, -0.2) is 27.6 Å². The van der Waals surface area contributed by atoms with Crippen LogP contribution in [0.4, 0.5) is 5.82 Å². The van der Waals surface area contributed by atoms with Gasteiger partial charge in [-0.25, -0.2) is 14.8 Å². The molecule has 0 radical (unpaired) electrons. The summed E-state index contributed by atoms with van der Waals surface area (Å²) in [4.78, 5) is 19.6. The molecule has 0 saturated carbocycles. The minimum Gasteiger partial charge on any atom is -0.478 e. The number of aliphatic carboxylic acids is 1. The van der Waals surface area contributed by atoms with Gasteiger partial charge in [-0.2, -0.15) is 0 Å². The molecular formula is C17H19N3O2S. The van der Waals surface area contributed by atoms with Crippen molar-refractivity contribution in [2.24, 2.45) is 0 Å². The summed E-state index contributed by atoms with van der Waals surface area (Å²) in [6.45, 7) is 1.01. The molecular weight excluding hydrogens is 310 g/mol. The van der Waals surface area contributed by atoms with Crippen molar-refractivity contribution < 1.29 is 9.90 Å². The average Bonchev–Trinajstić information content (AvgIpc) is 3.01. The van der Waals surface area contributed by atoms with E-state index in [1.54, 1.807) is 0 Å². The van der Waals surface area contributed by atoms with Crippen LogP contribution in [-0.2, 0) is 24.1 Å². The van der Waals surface area contributed by atoms with E-state index < -0.39 is 5.97 Å². The summed E-state index contributed by atoms with van der Waals surface area (Å²) in [6, 6.07) is 4.30. The number of aryl methyl sites for hydroxylation is 3. The van der Waals surface area contributed by atoms with Crippen LogP contribution in [0.3, 0.4) is 0 Å². The molecule has 5 nitrogen and oxygen atoms in total. The molecule has 1 aliphatic rings. The Kier molecular flexibility index (Phi) is 5.02. The normalized spacial score (nSPS) is 13.7. The molecule has 0 fully saturated rings. The van der Waals surface area contributed by atoms with Crippen molar-refractivity contribution in [3.8, 4) is 0 Å². The number of aromatic nitrogens is 2. The second-order valence-electron chi connectivity index (χ2n) is 5.54. The zero-order valence-electron chi connectivity index (χ0n) is 12.8. The molecule has 23 heavy (non-hydrogen) atoms. The first-order valence-corrected chi connectivity index (χ1v) is 8.67. The number of fused-ring (bicyclic) bond motifs is 1. The molecule has 2 N–H and O–H groups in total. The maximum Gasteiger partial charge on any atom is 0.328 e. The largest absolute Gasteiger partial charge is 0.478 e. The molecule has 1 aliphatic heterocycles. The Balaban J connectivity index is 1.52. The lowest BCUT2D eigenvalue weighted by Crippen LogP contribution is -2.14. The molecule has 3 heterocycles. The number of nitrogens with one attached hydrogen (secondary N) is 1. The average molecular weight is 329 g/mol. The number of rotatable bonds is 6. The third-order valence-corrected chi connectivity index (χ3v) is 4.61. The highest BCUT2D eigenvalue weighted by Gasteiger charge is 2.10. The Morgan fingerprint density at radius 2 is 2.17 bits per heavy atom. The number of pyridine rings is 1. The van der Waals surface area contributed by atoms with Gasteiger partial charge >= 0.3 is 5.97 Å². The Morgan fingerprint density at radius 3 is 3.04 bits per heavy atom. The van der Waals surface area contributed by atoms with Crippen molar-refractivity contribution in [1.82, 2.24) is 9.97 Å². The van der Waals surface area contributed by atoms with E-state index in [1.807, 2.05) is 5.38 Å². The van der Waals surface area contributed by atoms with Crippen LogP contribution in [0.15, 0.2) is 23.6 Å². The van der Waals surface area contributed by atoms with Crippen LogP contribution in [0.2, 0.25) is 0 Å². The first-order chi connectivity index (χ1) is 11.2. The fourth-order valence-electron chi connectivity index (χ4n) is 2.62. The number of thiazole rings is 1. The molecule has 0 aromatic carbocycles. The van der Waals surface area contributed by atoms with E-state index in [9.17, 15) is 4.79 Å². The topological polar surface area (TPSA) is 75.1 Å². The molecule has 120 valence electrons. The number of anilines is 1. The Hall–Kier alpha value is -2.21. The predicted molar refractivity (Wildman–Crippen MR) is 91.9 cm³/mol. The van der Waals surface area contributed by atoms with Crippen LogP contribution < -0.4 is 5.32 Å². The van der Waals surface area contributed by atoms with Gasteiger partial charge in [-0.3, -0.25) is 0 Å². The molecule has 0 saturated heterocycles. The lowest BCUT2D eigenvalue weighted by molar-refractivity contribution is -0.131. The van der Waals surface area contributed by atoms with Crippen LogP contribution in [0.1, 0.15) is 34.8 Å². The van der Waals surface area contributed by atoms with E-state index in [0.717, 1.165) is 60.5 Å². The maximum absolute atomic E-state index is 10.5. The Morgan fingerprint density at radius 1 is 1.30 bits per heavy atom. The second kappa shape index (κ2) is 7.37. The van der Waals surface area contributed by atoms with Gasteiger partial charge in [-0.15, -0.1) is 11.3 Å². The van der Waals surface area contributed by atoms with Crippen molar-refractivity contribution in [3.05, 3.63) is 45.5 Å². The third-order valence-electron chi connectivity index (χ3n) is 3.76. The van der Waals surface area contributed by atoms with Gasteiger partial charge in [0.05, 0.1) is 5.69 Å². The molecule has 2 aromatic heterocycles. The van der Waals surface area contributed by atoms with Crippen LogP contribution in [0, 0.1) is 0 Å². The molecule has 0 unspecified atom stereocenters. The monoisotopic (exact) mass is 329 g/mol. The minimum atomic E-state index is -0.950. The summed E-state index contributed by atoms with van der Waals surface area (Å²) in [6.07, 6.45) is 7.73. The van der Waals surface area contributed by atoms with Crippen LogP contribution in [0.5, 0.6) is 0 Å². The van der Waals surface area contributed by atoms with Gasteiger partial charge in [0.15, 0.2) is 0 Å². The molecule has 0 spiro atoms. The van der Waals surface area contributed by atoms with E-state index in [2.05, 4.69) is 22.4 Å². The van der Waals surface area contributed by atoms with Crippen molar-refractivity contribution >= 4 is 29.2 Å². The van der Waals surface area contributed by atoms with Crippen LogP contribution in [0.25, 0.3) is 6.08 Å². The number of hydrogen-bond acceptors (Lipinski definition) is 5. The van der Waals surface area contributed by atoms with Crippen molar-refractivity contribution in [2.75, 3.05) is 11.9 Å². The quantitative estimate of drug-likeness (QED) is 0.796. The zero-order valence-corrected chi connectivity index (χ0v) is 13.6. The van der Waals surface area contributed by atoms with Gasteiger partial charge in [0.1, 0.15) is 10.8 Å². The van der Waals surface area contributed by atoms with Gasteiger partial charge in [-0.05, 0) is 49.8 Å². The number of carboxylic acids is 1. The molecule has 3 rings (SSSR count). The maximum atomic E-state index is 10.5. The van der Waals surface area contributed by atoms with Crippen LogP contribution >= 0.6 is 11.3 Å². The standard InChI is InChI=1S/C17H19N3O2S/c21-16(22)9-8-15-19-14(11-23-15)5-1-4-13-7-6-12-3-2-10-18-17(12)20-13/h6-9,11H,1-5,10H2,(H,18,20)(H,21,22)/b9-8+. The highest BCUT2D eigenvalue weighted by Crippen LogP contribution is 2.20. The lowest BCUT2D eigenvalue weighted by Gasteiger charge is -2.17. The summed E-state index contributed by atoms with van der Waals surface area (Å²) in [5.74, 6) is 0.0948. The van der Waals surface area contributed by atoms with Gasteiger partial charge in [-0.1, -0.05) is 6.07 Å². The van der Waals surface area contributed by atoms with E-state index >= 15 is 0 Å². The summed E-state index contributed by atoms with van der Waals surface area (Å²) < 4.78 is 0. The van der Waals surface area contributed by atoms with Crippen molar-refractivity contribution in [3.63, 3.8) is 0 Å².